The standard InChI is InChI=1S/C40H41N9O5/c1-24(45-38(50)34(44-23-54-3)28-10-6-4-7-11-28)36-42-21-32(47-36)27-16-14-26(15-17-27)31-19-18-30(20-41-31)33-22-43-37(48-33)25(2)46-39(51)35(49-40(52)53)29-12-8-5-9-13-29/h4-22,24-25,34-35,44,49H,23H2,1-3H3,(H,42,47)(H,43,48)(H,45,50)(H,46,51)(H,52,53)/t24-,25-,34+,35+/m0/s1. The zero-order chi connectivity index (χ0) is 38.0. The summed E-state index contributed by atoms with van der Waals surface area (Å²) in [5, 5.41) is 20.6. The van der Waals surface area contributed by atoms with E-state index < -0.39 is 30.1 Å². The molecule has 3 aromatic carbocycles. The van der Waals surface area contributed by atoms with Crippen LogP contribution in [0.25, 0.3) is 33.8 Å². The maximum absolute atomic E-state index is 13.2. The molecule has 7 N–H and O–H groups in total. The molecule has 0 fully saturated rings. The Hall–Kier alpha value is -6.64. The molecular formula is C40H41N9O5. The van der Waals surface area contributed by atoms with Gasteiger partial charge < -0.3 is 35.8 Å². The van der Waals surface area contributed by atoms with Crippen LogP contribution in [0.3, 0.4) is 0 Å². The Morgan fingerprint density at radius 3 is 1.65 bits per heavy atom. The van der Waals surface area contributed by atoms with Crippen molar-refractivity contribution in [2.24, 2.45) is 0 Å². The largest absolute Gasteiger partial charge is 0.465 e. The molecule has 3 aromatic heterocycles. The molecule has 14 nitrogen and oxygen atoms in total. The first-order valence-electron chi connectivity index (χ1n) is 17.3. The van der Waals surface area contributed by atoms with E-state index in [1.165, 1.54) is 0 Å². The van der Waals surface area contributed by atoms with Gasteiger partial charge in [-0.25, -0.2) is 14.8 Å². The minimum absolute atomic E-state index is 0.192. The molecule has 0 spiro atoms. The Morgan fingerprint density at radius 1 is 0.630 bits per heavy atom. The fraction of sp³-hybridized carbons (Fsp3) is 0.200. The number of nitrogens with zero attached hydrogens (tertiary/aromatic N) is 3. The second-order valence-electron chi connectivity index (χ2n) is 12.6. The lowest BCUT2D eigenvalue weighted by atomic mass is 10.1. The summed E-state index contributed by atoms with van der Waals surface area (Å²) in [5.74, 6) is 0.446. The lowest BCUT2D eigenvalue weighted by Gasteiger charge is -2.20. The highest BCUT2D eigenvalue weighted by molar-refractivity contribution is 5.87. The number of aromatic nitrogens is 5. The third kappa shape index (κ3) is 9.04. The van der Waals surface area contributed by atoms with Gasteiger partial charge in [-0.3, -0.25) is 19.9 Å². The molecule has 0 aliphatic rings. The summed E-state index contributed by atoms with van der Waals surface area (Å²) >= 11 is 0. The average Bonchev–Trinajstić information content (AvgIpc) is 3.90. The van der Waals surface area contributed by atoms with Gasteiger partial charge in [0.05, 0.1) is 48.3 Å². The molecule has 0 aliphatic carbocycles. The van der Waals surface area contributed by atoms with Crippen LogP contribution >= 0.6 is 0 Å². The smallest absolute Gasteiger partial charge is 0.405 e. The number of hydrogen-bond donors (Lipinski definition) is 7. The van der Waals surface area contributed by atoms with Crippen LogP contribution in [-0.4, -0.2) is 61.8 Å². The van der Waals surface area contributed by atoms with Gasteiger partial charge in [-0.05, 0) is 42.7 Å². The normalized spacial score (nSPS) is 13.3. The summed E-state index contributed by atoms with van der Waals surface area (Å²) in [6.45, 7) is 3.87. The van der Waals surface area contributed by atoms with Gasteiger partial charge in [0, 0.05) is 24.4 Å². The third-order valence-electron chi connectivity index (χ3n) is 8.78. The number of pyridine rings is 1. The first kappa shape index (κ1) is 37.1. The second kappa shape index (κ2) is 17.3. The van der Waals surface area contributed by atoms with E-state index in [-0.39, 0.29) is 18.7 Å². The minimum atomic E-state index is -1.30. The van der Waals surface area contributed by atoms with Crippen molar-refractivity contribution in [1.29, 1.82) is 0 Å². The lowest BCUT2D eigenvalue weighted by Crippen LogP contribution is -2.40. The van der Waals surface area contributed by atoms with Crippen molar-refractivity contribution in [2.45, 2.75) is 38.0 Å². The molecule has 276 valence electrons. The van der Waals surface area contributed by atoms with Gasteiger partial charge >= 0.3 is 6.09 Å². The van der Waals surface area contributed by atoms with Gasteiger partial charge in [0.15, 0.2) is 0 Å². The van der Waals surface area contributed by atoms with E-state index in [1.807, 2.05) is 73.7 Å². The molecule has 0 radical (unpaired) electrons. The number of aromatic amines is 2. The Labute approximate surface area is 311 Å². The maximum atomic E-state index is 13.2. The predicted molar refractivity (Wildman–Crippen MR) is 202 cm³/mol. The zero-order valence-corrected chi connectivity index (χ0v) is 29.9. The van der Waals surface area contributed by atoms with Crippen molar-refractivity contribution in [3.63, 3.8) is 0 Å². The molecule has 6 aromatic rings. The fourth-order valence-corrected chi connectivity index (χ4v) is 5.92. The summed E-state index contributed by atoms with van der Waals surface area (Å²) in [6.07, 6.45) is 3.86. The summed E-state index contributed by atoms with van der Waals surface area (Å²) in [5.41, 5.74) is 6.32. The second-order valence-corrected chi connectivity index (χ2v) is 12.6. The van der Waals surface area contributed by atoms with E-state index in [0.29, 0.717) is 22.9 Å². The lowest BCUT2D eigenvalue weighted by molar-refractivity contribution is -0.125. The third-order valence-corrected chi connectivity index (χ3v) is 8.78. The highest BCUT2D eigenvalue weighted by Gasteiger charge is 2.25. The fourth-order valence-electron chi connectivity index (χ4n) is 5.92. The number of benzene rings is 3. The highest BCUT2D eigenvalue weighted by atomic mass is 16.5. The Kier molecular flexibility index (Phi) is 11.9. The molecule has 6 rings (SSSR count). The molecule has 0 bridgehead atoms. The summed E-state index contributed by atoms with van der Waals surface area (Å²) < 4.78 is 5.15. The topological polar surface area (TPSA) is 199 Å². The number of H-pyrrole nitrogens is 2. The van der Waals surface area contributed by atoms with Crippen molar-refractivity contribution in [3.8, 4) is 33.8 Å². The quantitative estimate of drug-likeness (QED) is 0.0637. The van der Waals surface area contributed by atoms with Crippen LogP contribution in [-0.2, 0) is 14.3 Å². The number of methoxy groups -OCH3 is 1. The van der Waals surface area contributed by atoms with Gasteiger partial charge in [-0.15, -0.1) is 0 Å². The molecule has 4 atom stereocenters. The van der Waals surface area contributed by atoms with E-state index in [2.05, 4.69) is 46.2 Å². The molecule has 0 unspecified atom stereocenters. The van der Waals surface area contributed by atoms with Crippen LogP contribution < -0.4 is 21.3 Å². The monoisotopic (exact) mass is 727 g/mol. The van der Waals surface area contributed by atoms with Crippen LogP contribution in [0.4, 0.5) is 4.79 Å². The summed E-state index contributed by atoms with van der Waals surface area (Å²) in [4.78, 5) is 57.9. The molecule has 14 heteroatoms. The number of carboxylic acid groups (broad SMARTS) is 1. The van der Waals surface area contributed by atoms with Gasteiger partial charge in [0.1, 0.15) is 23.7 Å². The average molecular weight is 728 g/mol. The highest BCUT2D eigenvalue weighted by Crippen LogP contribution is 2.26. The molecule has 54 heavy (non-hydrogen) atoms. The number of imidazole rings is 2. The molecule has 0 saturated carbocycles. The summed E-state index contributed by atoms with van der Waals surface area (Å²) in [7, 11) is 1.57. The molecule has 3 heterocycles. The van der Waals surface area contributed by atoms with Crippen LogP contribution in [0.5, 0.6) is 0 Å². The molecule has 3 amide bonds. The number of rotatable bonds is 15. The number of nitrogens with one attached hydrogen (secondary N) is 6. The van der Waals surface area contributed by atoms with Crippen molar-refractivity contribution in [1.82, 2.24) is 46.2 Å². The molecule has 0 saturated heterocycles. The maximum Gasteiger partial charge on any atom is 0.405 e. The zero-order valence-electron chi connectivity index (χ0n) is 29.9. The van der Waals surface area contributed by atoms with E-state index in [0.717, 1.165) is 33.6 Å². The number of carbonyl (C=O) groups is 3. The van der Waals surface area contributed by atoms with Gasteiger partial charge in [0.2, 0.25) is 11.8 Å². The van der Waals surface area contributed by atoms with Crippen molar-refractivity contribution in [2.75, 3.05) is 13.8 Å². The van der Waals surface area contributed by atoms with Crippen molar-refractivity contribution >= 4 is 17.9 Å². The van der Waals surface area contributed by atoms with Crippen molar-refractivity contribution < 1.29 is 24.2 Å². The van der Waals surface area contributed by atoms with Crippen LogP contribution in [0.15, 0.2) is 116 Å². The van der Waals surface area contributed by atoms with Crippen molar-refractivity contribution in [3.05, 3.63) is 138 Å². The van der Waals surface area contributed by atoms with E-state index in [4.69, 9.17) is 4.74 Å². The first-order valence-corrected chi connectivity index (χ1v) is 17.3. The van der Waals surface area contributed by atoms with E-state index >= 15 is 0 Å². The molecular weight excluding hydrogens is 686 g/mol. The van der Waals surface area contributed by atoms with Gasteiger partial charge in [0.25, 0.3) is 0 Å². The SMILES string of the molecule is COCN[C@@H](C(=O)N[C@@H](C)c1ncc(-c2ccc(-c3ccc(-c4cnc([C@H](C)NC(=O)[C@H](NC(=O)O)c5ccccc5)[nH]4)cn3)cc2)[nH]1)c1ccccc1. The van der Waals surface area contributed by atoms with Gasteiger partial charge in [-0.1, -0.05) is 84.9 Å². The van der Waals surface area contributed by atoms with Gasteiger partial charge in [-0.2, -0.15) is 0 Å². The van der Waals surface area contributed by atoms with Crippen LogP contribution in [0.1, 0.15) is 60.8 Å². The van der Waals surface area contributed by atoms with E-state index in [9.17, 15) is 19.5 Å². The Morgan fingerprint density at radius 2 is 1.13 bits per heavy atom. The number of carbonyl (C=O) groups excluding carboxylic acids is 2. The Balaban J connectivity index is 1.06. The Bertz CT molecular complexity index is 2150. The summed E-state index contributed by atoms with van der Waals surface area (Å²) in [6, 6.07) is 27.3. The minimum Gasteiger partial charge on any atom is -0.465 e. The first-order chi connectivity index (χ1) is 26.2. The van der Waals surface area contributed by atoms with E-state index in [1.54, 1.807) is 63.0 Å². The van der Waals surface area contributed by atoms with Crippen LogP contribution in [0.2, 0.25) is 0 Å². The number of amides is 3. The number of hydrogen-bond acceptors (Lipinski definition) is 8. The predicted octanol–water partition coefficient (Wildman–Crippen LogP) is 5.83. The van der Waals surface area contributed by atoms with Crippen LogP contribution in [0, 0.1) is 0 Å². The molecule has 0 aliphatic heterocycles. The number of ether oxygens (including phenoxy) is 1.